The van der Waals surface area contributed by atoms with Gasteiger partial charge in [0.1, 0.15) is 5.75 Å². The second-order valence-corrected chi connectivity index (χ2v) is 5.29. The zero-order valence-electron chi connectivity index (χ0n) is 11.7. The Morgan fingerprint density at radius 3 is 2.76 bits per heavy atom. The molecule has 3 nitrogen and oxygen atoms in total. The molecule has 0 unspecified atom stereocenters. The molecule has 0 bridgehead atoms. The van der Waals surface area contributed by atoms with Crippen molar-refractivity contribution in [3.63, 3.8) is 0 Å². The first-order chi connectivity index (χ1) is 10.1. The summed E-state index contributed by atoms with van der Waals surface area (Å²) in [5.41, 5.74) is 2.97. The van der Waals surface area contributed by atoms with Gasteiger partial charge in [-0.3, -0.25) is 4.79 Å². The second kappa shape index (κ2) is 5.26. The van der Waals surface area contributed by atoms with E-state index in [1.54, 1.807) is 25.4 Å². The summed E-state index contributed by atoms with van der Waals surface area (Å²) in [6.45, 7) is 1.91. The molecule has 0 amide bonds. The Morgan fingerprint density at radius 2 is 2.05 bits per heavy atom. The van der Waals surface area contributed by atoms with Gasteiger partial charge in [0.05, 0.1) is 18.1 Å². The van der Waals surface area contributed by atoms with Crippen LogP contribution in [-0.4, -0.2) is 17.9 Å². The molecule has 2 aromatic carbocycles. The molecule has 21 heavy (non-hydrogen) atoms. The summed E-state index contributed by atoms with van der Waals surface area (Å²) in [6.07, 6.45) is 1.71. The van der Waals surface area contributed by atoms with Gasteiger partial charge < -0.3 is 9.72 Å². The SMILES string of the molecule is COc1cccc2[nH]cc(C(=O)c3ccc(C)c(Cl)c3)c12. The van der Waals surface area contributed by atoms with Gasteiger partial charge in [0.2, 0.25) is 0 Å². The lowest BCUT2D eigenvalue weighted by molar-refractivity contribution is 0.104. The van der Waals surface area contributed by atoms with Crippen LogP contribution in [0.2, 0.25) is 5.02 Å². The molecule has 0 spiro atoms. The number of nitrogens with one attached hydrogen (secondary N) is 1. The number of fused-ring (bicyclic) bond motifs is 1. The Balaban J connectivity index is 2.15. The molecule has 4 heteroatoms. The van der Waals surface area contributed by atoms with E-state index in [1.807, 2.05) is 31.2 Å². The third-order valence-electron chi connectivity index (χ3n) is 3.57. The second-order valence-electron chi connectivity index (χ2n) is 4.88. The van der Waals surface area contributed by atoms with Gasteiger partial charge in [-0.05, 0) is 30.7 Å². The fraction of sp³-hybridized carbons (Fsp3) is 0.118. The fourth-order valence-electron chi connectivity index (χ4n) is 2.39. The maximum atomic E-state index is 12.7. The van der Waals surface area contributed by atoms with E-state index >= 15 is 0 Å². The molecule has 0 fully saturated rings. The Kier molecular flexibility index (Phi) is 3.43. The predicted molar refractivity (Wildman–Crippen MR) is 84.5 cm³/mol. The highest BCUT2D eigenvalue weighted by Gasteiger charge is 2.17. The minimum Gasteiger partial charge on any atom is -0.496 e. The van der Waals surface area contributed by atoms with E-state index in [2.05, 4.69) is 4.98 Å². The Hall–Kier alpha value is -2.26. The maximum absolute atomic E-state index is 12.7. The Morgan fingerprint density at radius 1 is 1.24 bits per heavy atom. The number of aromatic nitrogens is 1. The third kappa shape index (κ3) is 2.30. The number of aromatic amines is 1. The molecule has 1 aromatic heterocycles. The monoisotopic (exact) mass is 299 g/mol. The van der Waals surface area contributed by atoms with Crippen LogP contribution in [0.5, 0.6) is 5.75 Å². The van der Waals surface area contributed by atoms with Crippen molar-refractivity contribution in [2.75, 3.05) is 7.11 Å². The Bertz CT molecular complexity index is 836. The van der Waals surface area contributed by atoms with Crippen molar-refractivity contribution >= 4 is 28.3 Å². The van der Waals surface area contributed by atoms with Gasteiger partial charge in [-0.15, -0.1) is 0 Å². The average molecular weight is 300 g/mol. The summed E-state index contributed by atoms with van der Waals surface area (Å²) >= 11 is 6.11. The number of carbonyl (C=O) groups excluding carboxylic acids is 1. The highest BCUT2D eigenvalue weighted by molar-refractivity contribution is 6.32. The van der Waals surface area contributed by atoms with E-state index in [0.717, 1.165) is 16.5 Å². The lowest BCUT2D eigenvalue weighted by Crippen LogP contribution is -2.01. The number of aryl methyl sites for hydroxylation is 1. The molecule has 3 rings (SSSR count). The fourth-order valence-corrected chi connectivity index (χ4v) is 2.57. The predicted octanol–water partition coefficient (Wildman–Crippen LogP) is 4.37. The molecule has 0 radical (unpaired) electrons. The zero-order valence-corrected chi connectivity index (χ0v) is 12.5. The van der Waals surface area contributed by atoms with Crippen LogP contribution in [-0.2, 0) is 0 Å². The summed E-state index contributed by atoms with van der Waals surface area (Å²) in [6, 6.07) is 11.0. The maximum Gasteiger partial charge on any atom is 0.195 e. The number of H-pyrrole nitrogens is 1. The van der Waals surface area contributed by atoms with Crippen LogP contribution in [0.1, 0.15) is 21.5 Å². The Labute approximate surface area is 127 Å². The van der Waals surface area contributed by atoms with Gasteiger partial charge in [-0.25, -0.2) is 0 Å². The molecule has 0 saturated heterocycles. The van der Waals surface area contributed by atoms with E-state index in [0.29, 0.717) is 21.9 Å². The number of hydrogen-bond donors (Lipinski definition) is 1. The molecule has 0 aliphatic heterocycles. The van der Waals surface area contributed by atoms with Gasteiger partial charge in [0, 0.05) is 22.3 Å². The number of carbonyl (C=O) groups is 1. The first-order valence-electron chi connectivity index (χ1n) is 6.56. The van der Waals surface area contributed by atoms with Gasteiger partial charge in [0.25, 0.3) is 0 Å². The van der Waals surface area contributed by atoms with E-state index in [-0.39, 0.29) is 5.78 Å². The molecule has 0 saturated carbocycles. The van der Waals surface area contributed by atoms with E-state index in [1.165, 1.54) is 0 Å². The van der Waals surface area contributed by atoms with Crippen LogP contribution in [0.3, 0.4) is 0 Å². The number of methoxy groups -OCH3 is 1. The lowest BCUT2D eigenvalue weighted by atomic mass is 10.0. The zero-order chi connectivity index (χ0) is 15.0. The van der Waals surface area contributed by atoms with Gasteiger partial charge in [-0.1, -0.05) is 29.8 Å². The normalized spacial score (nSPS) is 10.8. The molecule has 1 heterocycles. The first kappa shape index (κ1) is 13.7. The van der Waals surface area contributed by atoms with Crippen LogP contribution in [0.4, 0.5) is 0 Å². The van der Waals surface area contributed by atoms with Crippen molar-refractivity contribution in [3.05, 3.63) is 64.3 Å². The van der Waals surface area contributed by atoms with Crippen LogP contribution in [0.25, 0.3) is 10.9 Å². The number of hydrogen-bond acceptors (Lipinski definition) is 2. The molecular weight excluding hydrogens is 286 g/mol. The van der Waals surface area contributed by atoms with Crippen LogP contribution in [0, 0.1) is 6.92 Å². The largest absolute Gasteiger partial charge is 0.496 e. The summed E-state index contributed by atoms with van der Waals surface area (Å²) < 4.78 is 5.36. The minimum atomic E-state index is -0.0762. The molecule has 106 valence electrons. The highest BCUT2D eigenvalue weighted by Crippen LogP contribution is 2.30. The number of halogens is 1. The van der Waals surface area contributed by atoms with E-state index in [4.69, 9.17) is 16.3 Å². The van der Waals surface area contributed by atoms with Crippen LogP contribution >= 0.6 is 11.6 Å². The van der Waals surface area contributed by atoms with Crippen molar-refractivity contribution in [3.8, 4) is 5.75 Å². The van der Waals surface area contributed by atoms with Crippen molar-refractivity contribution in [1.29, 1.82) is 0 Å². The van der Waals surface area contributed by atoms with Crippen molar-refractivity contribution in [2.24, 2.45) is 0 Å². The van der Waals surface area contributed by atoms with Gasteiger partial charge in [0.15, 0.2) is 5.78 Å². The summed E-state index contributed by atoms with van der Waals surface area (Å²) in [5.74, 6) is 0.600. The first-order valence-corrected chi connectivity index (χ1v) is 6.94. The average Bonchev–Trinajstić information content (AvgIpc) is 2.93. The topological polar surface area (TPSA) is 42.1 Å². The lowest BCUT2D eigenvalue weighted by Gasteiger charge is -2.05. The van der Waals surface area contributed by atoms with Crippen molar-refractivity contribution < 1.29 is 9.53 Å². The molecular formula is C17H14ClNO2. The van der Waals surface area contributed by atoms with Crippen LogP contribution in [0.15, 0.2) is 42.6 Å². The molecule has 1 N–H and O–H groups in total. The summed E-state index contributed by atoms with van der Waals surface area (Å²) in [5, 5.41) is 1.38. The standard InChI is InChI=1S/C17H14ClNO2/c1-10-6-7-11(8-13(10)18)17(20)12-9-19-14-4-3-5-15(21-2)16(12)14/h3-9,19H,1-2H3. The number of benzene rings is 2. The molecule has 3 aromatic rings. The van der Waals surface area contributed by atoms with E-state index in [9.17, 15) is 4.79 Å². The van der Waals surface area contributed by atoms with Crippen molar-refractivity contribution in [2.45, 2.75) is 6.92 Å². The third-order valence-corrected chi connectivity index (χ3v) is 3.97. The van der Waals surface area contributed by atoms with Gasteiger partial charge >= 0.3 is 0 Å². The van der Waals surface area contributed by atoms with Crippen LogP contribution < -0.4 is 4.74 Å². The molecule has 0 aliphatic carbocycles. The smallest absolute Gasteiger partial charge is 0.195 e. The highest BCUT2D eigenvalue weighted by atomic mass is 35.5. The minimum absolute atomic E-state index is 0.0762. The summed E-state index contributed by atoms with van der Waals surface area (Å²) in [7, 11) is 1.60. The molecule has 0 atom stereocenters. The van der Waals surface area contributed by atoms with Crippen molar-refractivity contribution in [1.82, 2.24) is 4.98 Å². The molecule has 0 aliphatic rings. The number of rotatable bonds is 3. The summed E-state index contributed by atoms with van der Waals surface area (Å²) in [4.78, 5) is 15.8. The quantitative estimate of drug-likeness (QED) is 0.730. The number of ether oxygens (including phenoxy) is 1. The number of ketones is 1. The van der Waals surface area contributed by atoms with E-state index < -0.39 is 0 Å². The van der Waals surface area contributed by atoms with Gasteiger partial charge in [-0.2, -0.15) is 0 Å².